The fourth-order valence-electron chi connectivity index (χ4n) is 4.09. The van der Waals surface area contributed by atoms with E-state index >= 15 is 0 Å². The molecule has 0 aromatic carbocycles. The van der Waals surface area contributed by atoms with Crippen molar-refractivity contribution in [1.82, 2.24) is 4.90 Å². The Labute approximate surface area is 125 Å². The number of ether oxygens (including phenoxy) is 1. The van der Waals surface area contributed by atoms with Gasteiger partial charge in [0, 0.05) is 32.3 Å². The first-order valence-corrected chi connectivity index (χ1v) is 8.43. The molecule has 3 heteroatoms. The zero-order valence-corrected chi connectivity index (χ0v) is 13.9. The van der Waals surface area contributed by atoms with E-state index in [2.05, 4.69) is 32.7 Å². The first-order chi connectivity index (χ1) is 9.41. The van der Waals surface area contributed by atoms with Crippen molar-refractivity contribution < 1.29 is 4.74 Å². The van der Waals surface area contributed by atoms with Crippen molar-refractivity contribution in [1.29, 1.82) is 0 Å². The Morgan fingerprint density at radius 2 is 1.75 bits per heavy atom. The minimum atomic E-state index is 0.363. The van der Waals surface area contributed by atoms with Crippen molar-refractivity contribution in [2.24, 2.45) is 28.9 Å². The minimum absolute atomic E-state index is 0.363. The fraction of sp³-hybridized carbons (Fsp3) is 1.00. The lowest BCUT2D eigenvalue weighted by molar-refractivity contribution is 0.0202. The topological polar surface area (TPSA) is 38.5 Å². The van der Waals surface area contributed by atoms with E-state index in [1.54, 1.807) is 0 Å². The molecule has 1 aliphatic carbocycles. The summed E-state index contributed by atoms with van der Waals surface area (Å²) in [5.74, 6) is 2.24. The molecule has 0 aromatic rings. The summed E-state index contributed by atoms with van der Waals surface area (Å²) in [5.41, 5.74) is 6.63. The molecular weight excluding hydrogens is 248 g/mol. The predicted octanol–water partition coefficient (Wildman–Crippen LogP) is 2.74. The van der Waals surface area contributed by atoms with Gasteiger partial charge in [-0.05, 0) is 55.9 Å². The Morgan fingerprint density at radius 1 is 1.10 bits per heavy atom. The van der Waals surface area contributed by atoms with E-state index in [1.807, 2.05) is 0 Å². The molecule has 0 bridgehead atoms. The van der Waals surface area contributed by atoms with Crippen LogP contribution in [-0.4, -0.2) is 44.3 Å². The van der Waals surface area contributed by atoms with Gasteiger partial charge in [0.25, 0.3) is 0 Å². The summed E-state index contributed by atoms with van der Waals surface area (Å²) in [6.07, 6.45) is 4.95. The molecule has 2 aliphatic rings. The van der Waals surface area contributed by atoms with Crippen LogP contribution in [0, 0.1) is 23.2 Å². The average molecular weight is 282 g/mol. The van der Waals surface area contributed by atoms with Crippen LogP contribution < -0.4 is 5.73 Å². The number of nitrogens with zero attached hydrogens (tertiary/aromatic N) is 1. The average Bonchev–Trinajstić information content (AvgIpc) is 2.41. The smallest absolute Gasteiger partial charge is 0.0469 e. The summed E-state index contributed by atoms with van der Waals surface area (Å²) < 4.78 is 5.46. The highest BCUT2D eigenvalue weighted by atomic mass is 16.5. The largest absolute Gasteiger partial charge is 0.381 e. The normalized spacial score (nSPS) is 35.4. The molecule has 2 fully saturated rings. The van der Waals surface area contributed by atoms with Crippen LogP contribution in [0.3, 0.4) is 0 Å². The number of hydrogen-bond acceptors (Lipinski definition) is 3. The fourth-order valence-corrected chi connectivity index (χ4v) is 4.09. The summed E-state index contributed by atoms with van der Waals surface area (Å²) >= 11 is 0. The van der Waals surface area contributed by atoms with Crippen LogP contribution in [0.1, 0.15) is 46.5 Å². The molecule has 1 aliphatic heterocycles. The van der Waals surface area contributed by atoms with E-state index in [1.165, 1.54) is 38.8 Å². The van der Waals surface area contributed by atoms with Crippen LogP contribution in [0.4, 0.5) is 0 Å². The summed E-state index contributed by atoms with van der Waals surface area (Å²) in [5, 5.41) is 0. The van der Waals surface area contributed by atoms with Gasteiger partial charge >= 0.3 is 0 Å². The summed E-state index contributed by atoms with van der Waals surface area (Å²) in [7, 11) is 2.30. The molecule has 3 atom stereocenters. The molecule has 0 spiro atoms. The molecule has 3 unspecified atom stereocenters. The molecule has 1 saturated heterocycles. The lowest BCUT2D eigenvalue weighted by atomic mass is 9.61. The molecule has 1 saturated carbocycles. The molecule has 3 nitrogen and oxygen atoms in total. The van der Waals surface area contributed by atoms with E-state index in [0.29, 0.717) is 17.4 Å². The molecule has 0 amide bonds. The molecule has 2 rings (SSSR count). The van der Waals surface area contributed by atoms with Crippen LogP contribution in [0.5, 0.6) is 0 Å². The van der Waals surface area contributed by atoms with Crippen molar-refractivity contribution in [2.45, 2.75) is 52.5 Å². The molecule has 1 heterocycles. The minimum Gasteiger partial charge on any atom is -0.381 e. The highest BCUT2D eigenvalue weighted by Gasteiger charge is 2.41. The van der Waals surface area contributed by atoms with Crippen LogP contribution in [0.2, 0.25) is 0 Å². The molecule has 0 aromatic heterocycles. The Kier molecular flexibility index (Phi) is 5.49. The van der Waals surface area contributed by atoms with Gasteiger partial charge < -0.3 is 15.4 Å². The highest BCUT2D eigenvalue weighted by molar-refractivity contribution is 4.94. The van der Waals surface area contributed by atoms with Gasteiger partial charge in [-0.15, -0.1) is 0 Å². The number of rotatable bonds is 4. The Balaban J connectivity index is 1.85. The highest BCUT2D eigenvalue weighted by Crippen LogP contribution is 2.44. The monoisotopic (exact) mass is 282 g/mol. The SMILES string of the molecule is CC1C(N)CCC(CN(C)CC2CCOCC2)C1(C)C. The van der Waals surface area contributed by atoms with Gasteiger partial charge in [-0.3, -0.25) is 0 Å². The van der Waals surface area contributed by atoms with E-state index < -0.39 is 0 Å². The first kappa shape index (κ1) is 16.3. The number of nitrogens with two attached hydrogens (primary N) is 1. The molecule has 118 valence electrons. The summed E-state index contributed by atoms with van der Waals surface area (Å²) in [6, 6.07) is 0.391. The predicted molar refractivity (Wildman–Crippen MR) is 84.7 cm³/mol. The maximum Gasteiger partial charge on any atom is 0.0469 e. The Morgan fingerprint density at radius 3 is 2.40 bits per heavy atom. The van der Waals surface area contributed by atoms with Gasteiger partial charge in [0.1, 0.15) is 0 Å². The van der Waals surface area contributed by atoms with Crippen molar-refractivity contribution in [2.75, 3.05) is 33.4 Å². The first-order valence-electron chi connectivity index (χ1n) is 8.43. The molecule has 2 N–H and O–H groups in total. The summed E-state index contributed by atoms with van der Waals surface area (Å²) in [6.45, 7) is 11.6. The maximum absolute atomic E-state index is 6.27. The van der Waals surface area contributed by atoms with Crippen molar-refractivity contribution in [3.05, 3.63) is 0 Å². The second-order valence-corrected chi connectivity index (χ2v) is 7.83. The zero-order chi connectivity index (χ0) is 14.8. The van der Waals surface area contributed by atoms with E-state index in [9.17, 15) is 0 Å². The molecule has 0 radical (unpaired) electrons. The molecule has 20 heavy (non-hydrogen) atoms. The Bertz CT molecular complexity index is 299. The Hall–Kier alpha value is -0.120. The number of hydrogen-bond donors (Lipinski definition) is 1. The van der Waals surface area contributed by atoms with Gasteiger partial charge in [-0.25, -0.2) is 0 Å². The van der Waals surface area contributed by atoms with E-state index in [0.717, 1.165) is 25.0 Å². The summed E-state index contributed by atoms with van der Waals surface area (Å²) in [4.78, 5) is 2.56. The second-order valence-electron chi connectivity index (χ2n) is 7.83. The third-order valence-corrected chi connectivity index (χ3v) is 6.16. The van der Waals surface area contributed by atoms with Gasteiger partial charge in [0.2, 0.25) is 0 Å². The van der Waals surface area contributed by atoms with E-state index in [-0.39, 0.29) is 0 Å². The van der Waals surface area contributed by atoms with Gasteiger partial charge in [0.15, 0.2) is 0 Å². The third kappa shape index (κ3) is 3.75. The third-order valence-electron chi connectivity index (χ3n) is 6.16. The standard InChI is InChI=1S/C17H34N2O/c1-13-16(18)6-5-15(17(13,2)3)12-19(4)11-14-7-9-20-10-8-14/h13-16H,5-12,18H2,1-4H3. The van der Waals surface area contributed by atoms with Crippen LogP contribution >= 0.6 is 0 Å². The second kappa shape index (κ2) is 6.76. The quantitative estimate of drug-likeness (QED) is 0.861. The molecular formula is C17H34N2O. The van der Waals surface area contributed by atoms with Gasteiger partial charge in [-0.1, -0.05) is 20.8 Å². The lowest BCUT2D eigenvalue weighted by Crippen LogP contribution is -2.50. The van der Waals surface area contributed by atoms with E-state index in [4.69, 9.17) is 10.5 Å². The maximum atomic E-state index is 6.27. The van der Waals surface area contributed by atoms with Gasteiger partial charge in [0.05, 0.1) is 0 Å². The van der Waals surface area contributed by atoms with Crippen LogP contribution in [0.25, 0.3) is 0 Å². The van der Waals surface area contributed by atoms with Crippen molar-refractivity contribution >= 4 is 0 Å². The van der Waals surface area contributed by atoms with Crippen molar-refractivity contribution in [3.8, 4) is 0 Å². The van der Waals surface area contributed by atoms with Crippen LogP contribution in [0.15, 0.2) is 0 Å². The van der Waals surface area contributed by atoms with Crippen LogP contribution in [-0.2, 0) is 4.74 Å². The zero-order valence-electron chi connectivity index (χ0n) is 13.9. The van der Waals surface area contributed by atoms with Crippen molar-refractivity contribution in [3.63, 3.8) is 0 Å². The van der Waals surface area contributed by atoms with Gasteiger partial charge in [-0.2, -0.15) is 0 Å². The lowest BCUT2D eigenvalue weighted by Gasteiger charge is -2.48.